The van der Waals surface area contributed by atoms with Gasteiger partial charge in [0.2, 0.25) is 0 Å². The molecule has 0 aromatic heterocycles. The third-order valence-electron chi connectivity index (χ3n) is 7.42. The number of fused-ring (bicyclic) bond motifs is 3. The van der Waals surface area contributed by atoms with E-state index in [-0.39, 0.29) is 42.0 Å². The summed E-state index contributed by atoms with van der Waals surface area (Å²) >= 11 is 0. The van der Waals surface area contributed by atoms with Gasteiger partial charge in [0.1, 0.15) is 18.3 Å². The van der Waals surface area contributed by atoms with E-state index in [2.05, 4.69) is 23.9 Å². The lowest BCUT2D eigenvalue weighted by atomic mass is 9.89. The van der Waals surface area contributed by atoms with E-state index >= 15 is 0 Å². The minimum absolute atomic E-state index is 0.0231. The molecule has 0 amide bonds. The molecule has 0 N–H and O–H groups in total. The molecule has 2 bridgehead atoms. The second-order valence-electron chi connectivity index (χ2n) is 9.49. The van der Waals surface area contributed by atoms with Crippen LogP contribution < -0.4 is 0 Å². The van der Waals surface area contributed by atoms with Gasteiger partial charge in [-0.15, -0.1) is 0 Å². The van der Waals surface area contributed by atoms with E-state index in [0.29, 0.717) is 32.8 Å². The fraction of sp³-hybridized carbons (Fsp3) is 1.00. The van der Waals surface area contributed by atoms with E-state index in [0.717, 1.165) is 32.1 Å². The van der Waals surface area contributed by atoms with Crippen molar-refractivity contribution in [3.8, 4) is 0 Å². The Hall–Kier alpha value is -0.970. The fourth-order valence-electron chi connectivity index (χ4n) is 5.49. The minimum Gasteiger partial charge on any atom is -0.374 e. The molecule has 5 aliphatic rings. The highest BCUT2D eigenvalue weighted by Crippen LogP contribution is 2.65. The van der Waals surface area contributed by atoms with Crippen LogP contribution in [-0.2, 0) is 33.2 Å². The summed E-state index contributed by atoms with van der Waals surface area (Å²) in [6.45, 7) is 6.83. The Kier molecular flexibility index (Phi) is 6.93. The first-order chi connectivity index (χ1) is 15.7. The van der Waals surface area contributed by atoms with Gasteiger partial charge in [-0.1, -0.05) is 31.8 Å². The summed E-state index contributed by atoms with van der Waals surface area (Å²) in [6.07, 6.45) is 3.46. The van der Waals surface area contributed by atoms with Crippen LogP contribution in [0.2, 0.25) is 0 Å². The van der Waals surface area contributed by atoms with Gasteiger partial charge in [0.25, 0.3) is 0 Å². The van der Waals surface area contributed by atoms with Crippen LogP contribution in [0.25, 0.3) is 10.4 Å². The van der Waals surface area contributed by atoms with Gasteiger partial charge in [-0.2, -0.15) is 0 Å². The van der Waals surface area contributed by atoms with Gasteiger partial charge in [-0.05, 0) is 31.2 Å². The molecule has 1 saturated carbocycles. The van der Waals surface area contributed by atoms with Gasteiger partial charge in [-0.3, -0.25) is 0 Å². The summed E-state index contributed by atoms with van der Waals surface area (Å²) in [4.78, 5) is 2.97. The molecule has 0 radical (unpaired) electrons. The summed E-state index contributed by atoms with van der Waals surface area (Å²) in [5.41, 5.74) is 8.85. The zero-order valence-corrected chi connectivity index (χ0v) is 19.0. The molecule has 4 heterocycles. The van der Waals surface area contributed by atoms with Crippen LogP contribution in [0.4, 0.5) is 0 Å². The first-order valence-corrected chi connectivity index (χ1v) is 12.2. The van der Waals surface area contributed by atoms with Crippen LogP contribution in [0.15, 0.2) is 5.11 Å². The van der Waals surface area contributed by atoms with Crippen molar-refractivity contribution < 1.29 is 33.2 Å². The topological polar surface area (TPSA) is 113 Å². The molecule has 5 rings (SSSR count). The highest BCUT2D eigenvalue weighted by Gasteiger charge is 2.82. The number of unbranched alkanes of at least 4 members (excludes halogenated alkanes) is 2. The van der Waals surface area contributed by atoms with Crippen LogP contribution in [0.3, 0.4) is 0 Å². The molecular weight excluding hydrogens is 418 g/mol. The van der Waals surface area contributed by atoms with Gasteiger partial charge in [0.05, 0.1) is 43.0 Å². The largest absolute Gasteiger partial charge is 0.374 e. The van der Waals surface area contributed by atoms with E-state index < -0.39 is 18.6 Å². The summed E-state index contributed by atoms with van der Waals surface area (Å²) in [5.74, 6) is 0. The molecule has 0 aromatic rings. The molecule has 180 valence electrons. The predicted octanol–water partition coefficient (Wildman–Crippen LogP) is 3.08. The maximum absolute atomic E-state index is 8.96. The Balaban J connectivity index is 1.33. The first-order valence-electron chi connectivity index (χ1n) is 12.2. The van der Waals surface area contributed by atoms with E-state index in [9.17, 15) is 0 Å². The predicted molar refractivity (Wildman–Crippen MR) is 112 cm³/mol. The van der Waals surface area contributed by atoms with Crippen LogP contribution in [-0.4, -0.2) is 81.7 Å². The highest BCUT2D eigenvalue weighted by molar-refractivity contribution is 5.28. The van der Waals surface area contributed by atoms with Crippen molar-refractivity contribution in [1.29, 1.82) is 0 Å². The fourth-order valence-corrected chi connectivity index (χ4v) is 5.49. The minimum atomic E-state index is -0.581. The summed E-state index contributed by atoms with van der Waals surface area (Å²) < 4.78 is 43.2. The van der Waals surface area contributed by atoms with Gasteiger partial charge in [-0.25, -0.2) is 0 Å². The second kappa shape index (κ2) is 9.72. The molecule has 5 fully saturated rings. The van der Waals surface area contributed by atoms with Crippen LogP contribution in [0.5, 0.6) is 0 Å². The smallest absolute Gasteiger partial charge is 0.187 e. The number of ether oxygens (including phenoxy) is 7. The number of rotatable bonds is 11. The van der Waals surface area contributed by atoms with Gasteiger partial charge in [0, 0.05) is 18.1 Å². The lowest BCUT2D eigenvalue weighted by Crippen LogP contribution is -2.59. The molecule has 32 heavy (non-hydrogen) atoms. The number of hydrogen-bond donors (Lipinski definition) is 0. The Morgan fingerprint density at radius 1 is 1.06 bits per heavy atom. The second-order valence-corrected chi connectivity index (χ2v) is 9.49. The molecule has 10 atom stereocenters. The van der Waals surface area contributed by atoms with E-state index in [1.807, 2.05) is 0 Å². The summed E-state index contributed by atoms with van der Waals surface area (Å²) in [6, 6.07) is -0.423. The highest BCUT2D eigenvalue weighted by atomic mass is 16.8. The van der Waals surface area contributed by atoms with Crippen LogP contribution in [0, 0.1) is 5.41 Å². The summed E-state index contributed by atoms with van der Waals surface area (Å²) in [5, 5.41) is 3.88. The molecule has 0 aromatic carbocycles. The van der Waals surface area contributed by atoms with Crippen molar-refractivity contribution in [1.82, 2.24) is 0 Å². The van der Waals surface area contributed by atoms with Crippen LogP contribution in [0.1, 0.15) is 52.4 Å². The Labute approximate surface area is 188 Å². The molecule has 10 heteroatoms. The lowest BCUT2D eigenvalue weighted by Gasteiger charge is -2.47. The van der Waals surface area contributed by atoms with Gasteiger partial charge < -0.3 is 33.2 Å². The monoisotopic (exact) mass is 453 g/mol. The maximum Gasteiger partial charge on any atom is 0.187 e. The first kappa shape index (κ1) is 22.8. The Morgan fingerprint density at radius 2 is 1.88 bits per heavy atom. The normalized spacial score (nSPS) is 46.4. The zero-order chi connectivity index (χ0) is 22.1. The molecule has 1 spiro atoms. The third-order valence-corrected chi connectivity index (χ3v) is 7.42. The molecule has 4 aliphatic heterocycles. The third kappa shape index (κ3) is 3.95. The Bertz CT molecular complexity index is 707. The molecule has 10 nitrogen and oxygen atoms in total. The van der Waals surface area contributed by atoms with E-state index in [4.69, 9.17) is 38.7 Å². The average Bonchev–Trinajstić information content (AvgIpc) is 3.26. The molecular formula is C22H35N3O7. The standard InChI is InChI=1S/C22H35N3O7/c1-3-5-8-26-16-17(27-9-6-4-2)22-12-29-18(22)19(22)32-21(16)31-15-11-13(24-25-23)20-28-10-7-14(15)30-20/h13-21H,3-12H2,1-2H3. The maximum atomic E-state index is 8.96. The SMILES string of the molecule is CCCCOC1C(OC2CC(N=[N+]=[N-])C3OCCC2O3)OC2C3OCC32C1OCCCC. The molecule has 10 unspecified atom stereocenters. The van der Waals surface area contributed by atoms with Gasteiger partial charge in [0.15, 0.2) is 12.6 Å². The summed E-state index contributed by atoms with van der Waals surface area (Å²) in [7, 11) is 0. The Morgan fingerprint density at radius 3 is 2.59 bits per heavy atom. The van der Waals surface area contributed by atoms with Crippen LogP contribution >= 0.6 is 0 Å². The van der Waals surface area contributed by atoms with E-state index in [1.54, 1.807) is 0 Å². The van der Waals surface area contributed by atoms with Crippen molar-refractivity contribution in [2.75, 3.05) is 26.4 Å². The lowest BCUT2D eigenvalue weighted by molar-refractivity contribution is -0.331. The van der Waals surface area contributed by atoms with Gasteiger partial charge >= 0.3 is 0 Å². The van der Waals surface area contributed by atoms with Crippen molar-refractivity contribution in [3.63, 3.8) is 0 Å². The van der Waals surface area contributed by atoms with Crippen molar-refractivity contribution in [3.05, 3.63) is 10.4 Å². The number of nitrogens with zero attached hydrogens (tertiary/aromatic N) is 3. The quantitative estimate of drug-likeness (QED) is 0.204. The molecule has 4 saturated heterocycles. The number of hydrogen-bond acceptors (Lipinski definition) is 8. The zero-order valence-electron chi connectivity index (χ0n) is 19.0. The number of azide groups is 1. The van der Waals surface area contributed by atoms with Crippen molar-refractivity contribution >= 4 is 0 Å². The van der Waals surface area contributed by atoms with Crippen molar-refractivity contribution in [2.45, 2.75) is 108 Å². The average molecular weight is 454 g/mol. The molecule has 1 aliphatic carbocycles. The van der Waals surface area contributed by atoms with Crippen molar-refractivity contribution in [2.24, 2.45) is 10.5 Å². The van der Waals surface area contributed by atoms with E-state index in [1.165, 1.54) is 0 Å².